The minimum atomic E-state index is -3.29. The topological polar surface area (TPSA) is 52.0 Å². The quantitative estimate of drug-likeness (QED) is 0.329. The highest BCUT2D eigenvalue weighted by Gasteiger charge is 2.17. The first-order chi connectivity index (χ1) is 14.8. The molecule has 4 nitrogen and oxygen atoms in total. The Morgan fingerprint density at radius 2 is 1.71 bits per heavy atom. The second-order valence-corrected chi connectivity index (χ2v) is 10.2. The molecule has 0 bridgehead atoms. The molecule has 1 aromatic heterocycles. The molecular formula is C24H20Cl2N2O2S. The predicted octanol–water partition coefficient (Wildman–Crippen LogP) is 6.62. The van der Waals surface area contributed by atoms with E-state index in [0.29, 0.717) is 20.8 Å². The van der Waals surface area contributed by atoms with E-state index in [9.17, 15) is 8.42 Å². The van der Waals surface area contributed by atoms with Gasteiger partial charge in [0.25, 0.3) is 0 Å². The molecule has 4 aromatic rings. The van der Waals surface area contributed by atoms with Crippen molar-refractivity contribution in [3.63, 3.8) is 0 Å². The molecule has 0 aliphatic rings. The molecule has 0 aliphatic heterocycles. The summed E-state index contributed by atoms with van der Waals surface area (Å²) in [6.07, 6.45) is 3.56. The van der Waals surface area contributed by atoms with E-state index in [2.05, 4.69) is 4.98 Å². The summed E-state index contributed by atoms with van der Waals surface area (Å²) in [7, 11) is -3.29. The third-order valence-electron chi connectivity index (χ3n) is 5.16. The fourth-order valence-electron chi connectivity index (χ4n) is 3.57. The van der Waals surface area contributed by atoms with Crippen molar-refractivity contribution in [1.82, 2.24) is 9.55 Å². The molecule has 0 fully saturated rings. The Morgan fingerprint density at radius 3 is 2.42 bits per heavy atom. The largest absolute Gasteiger partial charge is 0.298 e. The van der Waals surface area contributed by atoms with Gasteiger partial charge in [0, 0.05) is 18.0 Å². The molecule has 31 heavy (non-hydrogen) atoms. The summed E-state index contributed by atoms with van der Waals surface area (Å²) in [6.45, 7) is 3.60. The fraction of sp³-hybridized carbons (Fsp3) is 0.125. The number of sulfone groups is 1. The van der Waals surface area contributed by atoms with Crippen LogP contribution in [0.3, 0.4) is 0 Å². The van der Waals surface area contributed by atoms with E-state index in [1.807, 2.05) is 60.2 Å². The second-order valence-electron chi connectivity index (χ2n) is 7.16. The van der Waals surface area contributed by atoms with E-state index in [0.717, 1.165) is 27.9 Å². The standard InChI is InChI=1S/C24H20Cl2N2O2S/c1-3-31(29,30)19-8-6-7-17(14-19)18-13-16(2)23(22(26)15-18)28-12-11-27-24(28)20-9-4-5-10-21(20)25/h4-15H,3H2,1-2H3. The summed E-state index contributed by atoms with van der Waals surface area (Å²) >= 11 is 13.1. The highest BCUT2D eigenvalue weighted by atomic mass is 35.5. The lowest BCUT2D eigenvalue weighted by atomic mass is 10.0. The molecule has 3 aromatic carbocycles. The van der Waals surface area contributed by atoms with Gasteiger partial charge in [-0.25, -0.2) is 13.4 Å². The van der Waals surface area contributed by atoms with Crippen LogP contribution >= 0.6 is 23.2 Å². The molecule has 0 aliphatic carbocycles. The molecule has 158 valence electrons. The zero-order valence-corrected chi connectivity index (χ0v) is 19.3. The monoisotopic (exact) mass is 470 g/mol. The van der Waals surface area contributed by atoms with Crippen molar-refractivity contribution < 1.29 is 8.42 Å². The van der Waals surface area contributed by atoms with Crippen molar-refractivity contribution in [2.24, 2.45) is 0 Å². The molecule has 0 amide bonds. The molecule has 1 heterocycles. The number of nitrogens with zero attached hydrogens (tertiary/aromatic N) is 2. The van der Waals surface area contributed by atoms with Gasteiger partial charge in [0.15, 0.2) is 9.84 Å². The number of imidazole rings is 1. The van der Waals surface area contributed by atoms with Gasteiger partial charge in [-0.2, -0.15) is 0 Å². The van der Waals surface area contributed by atoms with E-state index >= 15 is 0 Å². The van der Waals surface area contributed by atoms with Crippen LogP contribution in [0.5, 0.6) is 0 Å². The first kappa shape index (κ1) is 21.6. The third kappa shape index (κ3) is 4.13. The lowest BCUT2D eigenvalue weighted by Gasteiger charge is -2.16. The van der Waals surface area contributed by atoms with Gasteiger partial charge in [0.1, 0.15) is 5.82 Å². The Morgan fingerprint density at radius 1 is 0.935 bits per heavy atom. The Hall–Kier alpha value is -2.60. The average Bonchev–Trinajstić information content (AvgIpc) is 3.22. The summed E-state index contributed by atoms with van der Waals surface area (Å²) in [5, 5.41) is 1.14. The first-order valence-corrected chi connectivity index (χ1v) is 12.1. The highest BCUT2D eigenvalue weighted by molar-refractivity contribution is 7.91. The van der Waals surface area contributed by atoms with E-state index in [1.54, 1.807) is 31.3 Å². The van der Waals surface area contributed by atoms with Crippen LogP contribution in [-0.2, 0) is 9.84 Å². The second kappa shape index (κ2) is 8.50. The Kier molecular flexibility index (Phi) is 5.93. The zero-order chi connectivity index (χ0) is 22.2. The Bertz CT molecular complexity index is 1350. The molecular weight excluding hydrogens is 451 g/mol. The summed E-state index contributed by atoms with van der Waals surface area (Å²) in [4.78, 5) is 4.79. The minimum Gasteiger partial charge on any atom is -0.298 e. The smallest absolute Gasteiger partial charge is 0.178 e. The maximum Gasteiger partial charge on any atom is 0.178 e. The third-order valence-corrected chi connectivity index (χ3v) is 7.51. The summed E-state index contributed by atoms with van der Waals surface area (Å²) in [5.74, 6) is 0.750. The Labute approximate surface area is 192 Å². The molecule has 0 saturated heterocycles. The van der Waals surface area contributed by atoms with Crippen LogP contribution in [-0.4, -0.2) is 23.7 Å². The maximum absolute atomic E-state index is 12.3. The van der Waals surface area contributed by atoms with Crippen LogP contribution in [0.15, 0.2) is 78.0 Å². The lowest BCUT2D eigenvalue weighted by molar-refractivity contribution is 0.597. The van der Waals surface area contributed by atoms with Crippen LogP contribution in [0.25, 0.3) is 28.2 Å². The van der Waals surface area contributed by atoms with Gasteiger partial charge >= 0.3 is 0 Å². The van der Waals surface area contributed by atoms with E-state index in [-0.39, 0.29) is 5.75 Å². The number of aromatic nitrogens is 2. The SMILES string of the molecule is CCS(=O)(=O)c1cccc(-c2cc(C)c(-n3ccnc3-c3ccccc3Cl)c(Cl)c2)c1. The molecule has 4 rings (SSSR count). The zero-order valence-electron chi connectivity index (χ0n) is 17.0. The number of benzene rings is 3. The number of halogens is 2. The highest BCUT2D eigenvalue weighted by Crippen LogP contribution is 2.35. The van der Waals surface area contributed by atoms with E-state index in [4.69, 9.17) is 23.2 Å². The van der Waals surface area contributed by atoms with E-state index in [1.165, 1.54) is 0 Å². The van der Waals surface area contributed by atoms with Crippen LogP contribution in [0.2, 0.25) is 10.0 Å². The Balaban J connectivity index is 1.82. The van der Waals surface area contributed by atoms with Crippen LogP contribution in [0, 0.1) is 6.92 Å². The van der Waals surface area contributed by atoms with Crippen molar-refractivity contribution in [1.29, 1.82) is 0 Å². The van der Waals surface area contributed by atoms with Crippen molar-refractivity contribution in [2.75, 3.05) is 5.75 Å². The molecule has 0 saturated carbocycles. The molecule has 0 unspecified atom stereocenters. The first-order valence-electron chi connectivity index (χ1n) is 9.74. The van der Waals surface area contributed by atoms with Crippen molar-refractivity contribution in [3.05, 3.63) is 88.7 Å². The lowest BCUT2D eigenvalue weighted by Crippen LogP contribution is -2.03. The van der Waals surface area contributed by atoms with Gasteiger partial charge in [-0.05, 0) is 60.0 Å². The molecule has 0 radical (unpaired) electrons. The van der Waals surface area contributed by atoms with Gasteiger partial charge in [-0.1, -0.05) is 54.4 Å². The molecule has 0 N–H and O–H groups in total. The van der Waals surface area contributed by atoms with Crippen LogP contribution in [0.4, 0.5) is 0 Å². The maximum atomic E-state index is 12.3. The van der Waals surface area contributed by atoms with Crippen molar-refractivity contribution in [2.45, 2.75) is 18.7 Å². The number of rotatable bonds is 5. The summed E-state index contributed by atoms with van der Waals surface area (Å²) in [5.41, 5.74) is 4.18. The fourth-order valence-corrected chi connectivity index (χ4v) is 5.07. The molecule has 7 heteroatoms. The van der Waals surface area contributed by atoms with Gasteiger partial charge < -0.3 is 0 Å². The van der Waals surface area contributed by atoms with Crippen LogP contribution < -0.4 is 0 Å². The molecule has 0 spiro atoms. The number of hydrogen-bond donors (Lipinski definition) is 0. The van der Waals surface area contributed by atoms with Gasteiger partial charge in [0.05, 0.1) is 26.4 Å². The van der Waals surface area contributed by atoms with Crippen molar-refractivity contribution in [3.8, 4) is 28.2 Å². The van der Waals surface area contributed by atoms with Crippen molar-refractivity contribution >= 4 is 33.0 Å². The minimum absolute atomic E-state index is 0.0562. The predicted molar refractivity (Wildman–Crippen MR) is 127 cm³/mol. The normalized spacial score (nSPS) is 11.6. The number of hydrogen-bond acceptors (Lipinski definition) is 3. The van der Waals surface area contributed by atoms with Crippen LogP contribution in [0.1, 0.15) is 12.5 Å². The van der Waals surface area contributed by atoms with Gasteiger partial charge in [0.2, 0.25) is 0 Å². The van der Waals surface area contributed by atoms with Gasteiger partial charge in [-0.15, -0.1) is 0 Å². The molecule has 0 atom stereocenters. The summed E-state index contributed by atoms with van der Waals surface area (Å²) in [6, 6.07) is 18.3. The van der Waals surface area contributed by atoms with Gasteiger partial charge in [-0.3, -0.25) is 4.57 Å². The summed E-state index contributed by atoms with van der Waals surface area (Å²) < 4.78 is 26.5. The van der Waals surface area contributed by atoms with E-state index < -0.39 is 9.84 Å². The average molecular weight is 471 g/mol. The number of aryl methyl sites for hydroxylation is 1.